The fraction of sp³-hybridized carbons (Fsp3) is 0.125. The second-order valence-electron chi connectivity index (χ2n) is 7.64. The van der Waals surface area contributed by atoms with Gasteiger partial charge in [0, 0.05) is 22.4 Å². The smallest absolute Gasteiger partial charge is 0.347 e. The van der Waals surface area contributed by atoms with Crippen LogP contribution in [-0.2, 0) is 0 Å². The highest BCUT2D eigenvalue weighted by atomic mass is 35.5. The lowest BCUT2D eigenvalue weighted by Crippen LogP contribution is -2.16. The Morgan fingerprint density at radius 2 is 1.59 bits per heavy atom. The number of esters is 1. The van der Waals surface area contributed by atoms with Gasteiger partial charge < -0.3 is 10.5 Å². The fourth-order valence-corrected chi connectivity index (χ4v) is 3.54. The molecule has 0 spiro atoms. The molecular weight excluding hydrogens is 398 g/mol. The molecule has 0 unspecified atom stereocenters. The van der Waals surface area contributed by atoms with Gasteiger partial charge in [-0.1, -0.05) is 79.6 Å². The SMILES string of the molecule is C[Si](C)(C)C#Cc1ccccc1-c1ccccc1OC(=O)c1c(N)cccc1Cl. The van der Waals surface area contributed by atoms with E-state index in [4.69, 9.17) is 22.1 Å². The van der Waals surface area contributed by atoms with Crippen LogP contribution in [0, 0.1) is 11.5 Å². The van der Waals surface area contributed by atoms with E-state index in [9.17, 15) is 4.79 Å². The molecule has 0 heterocycles. The van der Waals surface area contributed by atoms with Crippen molar-refractivity contribution in [2.24, 2.45) is 0 Å². The fourth-order valence-electron chi connectivity index (χ4n) is 2.77. The average molecular weight is 420 g/mol. The first-order valence-electron chi connectivity index (χ1n) is 9.24. The second-order valence-corrected chi connectivity index (χ2v) is 12.8. The highest BCUT2D eigenvalue weighted by Gasteiger charge is 2.19. The molecule has 3 aromatic rings. The summed E-state index contributed by atoms with van der Waals surface area (Å²) in [6.45, 7) is 6.60. The van der Waals surface area contributed by atoms with Gasteiger partial charge in [0.15, 0.2) is 0 Å². The summed E-state index contributed by atoms with van der Waals surface area (Å²) in [7, 11) is -1.54. The molecule has 146 valence electrons. The first-order chi connectivity index (χ1) is 13.8. The zero-order chi connectivity index (χ0) is 21.0. The lowest BCUT2D eigenvalue weighted by Gasteiger charge is -2.13. The first-order valence-corrected chi connectivity index (χ1v) is 13.1. The van der Waals surface area contributed by atoms with Gasteiger partial charge in [-0.15, -0.1) is 5.54 Å². The molecule has 0 saturated heterocycles. The number of nitrogens with two attached hydrogens (primary N) is 1. The van der Waals surface area contributed by atoms with E-state index in [2.05, 4.69) is 31.1 Å². The summed E-state index contributed by atoms with van der Waals surface area (Å²) in [5, 5.41) is 0.258. The van der Waals surface area contributed by atoms with E-state index in [0.29, 0.717) is 5.75 Å². The molecule has 5 heteroatoms. The molecular formula is C24H22ClNO2Si. The van der Waals surface area contributed by atoms with Crippen LogP contribution in [0.2, 0.25) is 24.7 Å². The molecule has 0 amide bonds. The number of nitrogen functional groups attached to an aromatic ring is 1. The zero-order valence-electron chi connectivity index (χ0n) is 16.6. The number of hydrogen-bond donors (Lipinski definition) is 1. The number of anilines is 1. The number of ether oxygens (including phenoxy) is 1. The van der Waals surface area contributed by atoms with Crippen LogP contribution in [-0.4, -0.2) is 14.0 Å². The molecule has 0 aliphatic carbocycles. The van der Waals surface area contributed by atoms with Crippen LogP contribution in [0.5, 0.6) is 5.75 Å². The van der Waals surface area contributed by atoms with E-state index in [1.807, 2.05) is 42.5 Å². The predicted molar refractivity (Wildman–Crippen MR) is 123 cm³/mol. The van der Waals surface area contributed by atoms with Crippen molar-refractivity contribution in [3.63, 3.8) is 0 Å². The largest absolute Gasteiger partial charge is 0.422 e. The highest BCUT2D eigenvalue weighted by molar-refractivity contribution is 6.83. The lowest BCUT2D eigenvalue weighted by atomic mass is 9.99. The Kier molecular flexibility index (Phi) is 6.12. The number of halogens is 1. The van der Waals surface area contributed by atoms with Crippen molar-refractivity contribution in [2.75, 3.05) is 5.73 Å². The highest BCUT2D eigenvalue weighted by Crippen LogP contribution is 2.33. The molecule has 0 aliphatic rings. The van der Waals surface area contributed by atoms with Crippen molar-refractivity contribution < 1.29 is 9.53 Å². The summed E-state index contributed by atoms with van der Waals surface area (Å²) >= 11 is 6.16. The van der Waals surface area contributed by atoms with Crippen LogP contribution in [0.4, 0.5) is 5.69 Å². The van der Waals surface area contributed by atoms with Crippen LogP contribution >= 0.6 is 11.6 Å². The van der Waals surface area contributed by atoms with Gasteiger partial charge in [-0.05, 0) is 24.3 Å². The Morgan fingerprint density at radius 3 is 2.28 bits per heavy atom. The molecule has 3 nitrogen and oxygen atoms in total. The standard InChI is InChI=1S/C24H22ClNO2Si/c1-29(2,3)16-15-17-9-4-5-10-18(17)19-11-6-7-14-22(19)28-24(27)23-20(25)12-8-13-21(23)26/h4-14H,26H2,1-3H3. The maximum Gasteiger partial charge on any atom is 0.347 e. The first kappa shape index (κ1) is 20.7. The van der Waals surface area contributed by atoms with Crippen LogP contribution in [0.15, 0.2) is 66.7 Å². The molecule has 0 saturated carbocycles. The molecule has 0 aliphatic heterocycles. The van der Waals surface area contributed by atoms with E-state index in [1.165, 1.54) is 0 Å². The van der Waals surface area contributed by atoms with Crippen LogP contribution < -0.4 is 10.5 Å². The van der Waals surface area contributed by atoms with Crippen LogP contribution in [0.25, 0.3) is 11.1 Å². The van der Waals surface area contributed by atoms with Crippen LogP contribution in [0.3, 0.4) is 0 Å². The van der Waals surface area contributed by atoms with Gasteiger partial charge in [-0.25, -0.2) is 4.79 Å². The molecule has 3 aromatic carbocycles. The van der Waals surface area contributed by atoms with Gasteiger partial charge in [-0.2, -0.15) is 0 Å². The van der Waals surface area contributed by atoms with Gasteiger partial charge in [-0.3, -0.25) is 0 Å². The van der Waals surface area contributed by atoms with Crippen molar-refractivity contribution in [2.45, 2.75) is 19.6 Å². The number of para-hydroxylation sites is 1. The summed E-state index contributed by atoms with van der Waals surface area (Å²) in [6.07, 6.45) is 0. The van der Waals surface area contributed by atoms with Gasteiger partial charge >= 0.3 is 5.97 Å². The Morgan fingerprint density at radius 1 is 0.931 bits per heavy atom. The zero-order valence-corrected chi connectivity index (χ0v) is 18.4. The number of carbonyl (C=O) groups excluding carboxylic acids is 1. The average Bonchev–Trinajstić information content (AvgIpc) is 2.66. The summed E-state index contributed by atoms with van der Waals surface area (Å²) in [5.74, 6) is 3.15. The van der Waals surface area contributed by atoms with Crippen molar-refractivity contribution in [1.82, 2.24) is 0 Å². The monoisotopic (exact) mass is 419 g/mol. The van der Waals surface area contributed by atoms with Gasteiger partial charge in [0.25, 0.3) is 0 Å². The molecule has 3 rings (SSSR count). The molecule has 0 fully saturated rings. The van der Waals surface area contributed by atoms with E-state index in [-0.39, 0.29) is 16.3 Å². The molecule has 0 radical (unpaired) electrons. The topological polar surface area (TPSA) is 52.3 Å². The summed E-state index contributed by atoms with van der Waals surface area (Å²) < 4.78 is 5.71. The van der Waals surface area contributed by atoms with Crippen molar-refractivity contribution in [1.29, 1.82) is 0 Å². The number of benzene rings is 3. The number of hydrogen-bond acceptors (Lipinski definition) is 3. The third-order valence-electron chi connectivity index (χ3n) is 4.13. The predicted octanol–water partition coefficient (Wildman–Crippen LogP) is 6.04. The number of carbonyl (C=O) groups is 1. The van der Waals surface area contributed by atoms with Crippen molar-refractivity contribution in [3.8, 4) is 28.3 Å². The minimum Gasteiger partial charge on any atom is -0.422 e. The second kappa shape index (κ2) is 8.56. The maximum atomic E-state index is 12.8. The Labute approximate surface area is 177 Å². The van der Waals surface area contributed by atoms with Crippen molar-refractivity contribution in [3.05, 3.63) is 82.9 Å². The normalized spacial score (nSPS) is 10.8. The van der Waals surface area contributed by atoms with Crippen molar-refractivity contribution >= 4 is 31.3 Å². The Bertz CT molecular complexity index is 1100. The summed E-state index contributed by atoms with van der Waals surface area (Å²) in [5.41, 5.74) is 12.4. The Balaban J connectivity index is 2.03. The molecule has 0 bridgehead atoms. The quantitative estimate of drug-likeness (QED) is 0.185. The van der Waals surface area contributed by atoms with Crippen LogP contribution in [0.1, 0.15) is 15.9 Å². The molecule has 0 atom stereocenters. The molecule has 29 heavy (non-hydrogen) atoms. The van der Waals surface area contributed by atoms with E-state index >= 15 is 0 Å². The lowest BCUT2D eigenvalue weighted by molar-refractivity contribution is 0.0737. The van der Waals surface area contributed by atoms with E-state index in [1.54, 1.807) is 24.3 Å². The van der Waals surface area contributed by atoms with E-state index in [0.717, 1.165) is 16.7 Å². The summed E-state index contributed by atoms with van der Waals surface area (Å²) in [4.78, 5) is 12.8. The third-order valence-corrected chi connectivity index (χ3v) is 5.32. The van der Waals surface area contributed by atoms with E-state index < -0.39 is 14.0 Å². The minimum atomic E-state index is -1.54. The van der Waals surface area contributed by atoms with Gasteiger partial charge in [0.05, 0.1) is 5.02 Å². The maximum absolute atomic E-state index is 12.8. The molecule has 2 N–H and O–H groups in total. The van der Waals surface area contributed by atoms with Gasteiger partial charge in [0.2, 0.25) is 0 Å². The third kappa shape index (κ3) is 5.08. The Hall–Kier alpha value is -3.00. The minimum absolute atomic E-state index is 0.163. The number of rotatable bonds is 3. The summed E-state index contributed by atoms with van der Waals surface area (Å²) in [6, 6.07) is 20.2. The van der Waals surface area contributed by atoms with Gasteiger partial charge in [0.1, 0.15) is 19.4 Å². The molecule has 0 aromatic heterocycles.